The number of carboxylic acid groups (broad SMARTS) is 1. The Bertz CT molecular complexity index is 1370. The van der Waals surface area contributed by atoms with Crippen molar-refractivity contribution in [1.29, 1.82) is 0 Å². The van der Waals surface area contributed by atoms with Gasteiger partial charge < -0.3 is 15.3 Å². The number of carbonyl (C=O) groups is 3. The van der Waals surface area contributed by atoms with Gasteiger partial charge in [-0.1, -0.05) is 72.8 Å². The zero-order chi connectivity index (χ0) is 26.7. The minimum Gasteiger partial charge on any atom is -0.481 e. The Balaban J connectivity index is 1.56. The van der Waals surface area contributed by atoms with E-state index in [1.54, 1.807) is 40.5 Å². The second kappa shape index (κ2) is 13.4. The number of benzene rings is 3. The van der Waals surface area contributed by atoms with Gasteiger partial charge in [-0.05, 0) is 53.1 Å². The normalized spacial score (nSPS) is 10.6. The van der Waals surface area contributed by atoms with Crippen LogP contribution in [-0.4, -0.2) is 47.4 Å². The van der Waals surface area contributed by atoms with Gasteiger partial charge in [0.1, 0.15) is 0 Å². The molecule has 0 saturated carbocycles. The van der Waals surface area contributed by atoms with Crippen LogP contribution in [0.25, 0.3) is 11.1 Å². The molecule has 0 bridgehead atoms. The van der Waals surface area contributed by atoms with E-state index in [0.29, 0.717) is 48.2 Å². The van der Waals surface area contributed by atoms with Crippen LogP contribution in [0.15, 0.2) is 96.4 Å². The molecule has 0 aliphatic carbocycles. The number of hydrogen-bond donors (Lipinski definition) is 2. The van der Waals surface area contributed by atoms with E-state index in [0.717, 1.165) is 10.4 Å². The highest BCUT2D eigenvalue weighted by molar-refractivity contribution is 7.09. The van der Waals surface area contributed by atoms with Crippen LogP contribution in [-0.2, 0) is 17.6 Å². The first-order valence-corrected chi connectivity index (χ1v) is 13.4. The van der Waals surface area contributed by atoms with E-state index >= 15 is 0 Å². The van der Waals surface area contributed by atoms with Crippen molar-refractivity contribution in [3.8, 4) is 11.1 Å². The molecule has 0 saturated heterocycles. The largest absolute Gasteiger partial charge is 0.481 e. The van der Waals surface area contributed by atoms with Crippen molar-refractivity contribution < 1.29 is 19.5 Å². The molecule has 0 unspecified atom stereocenters. The molecule has 1 heterocycles. The van der Waals surface area contributed by atoms with Crippen LogP contribution in [0.3, 0.4) is 0 Å². The lowest BCUT2D eigenvalue weighted by molar-refractivity contribution is -0.137. The number of nitrogens with zero attached hydrogens (tertiary/aromatic N) is 1. The van der Waals surface area contributed by atoms with Gasteiger partial charge in [-0.25, -0.2) is 0 Å². The van der Waals surface area contributed by atoms with Gasteiger partial charge in [-0.2, -0.15) is 0 Å². The summed E-state index contributed by atoms with van der Waals surface area (Å²) < 4.78 is 0. The van der Waals surface area contributed by atoms with Crippen LogP contribution in [0.5, 0.6) is 0 Å². The number of amides is 2. The van der Waals surface area contributed by atoms with Gasteiger partial charge in [0.2, 0.25) is 0 Å². The van der Waals surface area contributed by atoms with Gasteiger partial charge in [-0.3, -0.25) is 14.4 Å². The molecule has 194 valence electrons. The second-order valence-corrected chi connectivity index (χ2v) is 9.88. The van der Waals surface area contributed by atoms with Crippen molar-refractivity contribution in [1.82, 2.24) is 10.2 Å². The summed E-state index contributed by atoms with van der Waals surface area (Å²) in [5, 5.41) is 14.2. The fourth-order valence-corrected chi connectivity index (χ4v) is 4.99. The summed E-state index contributed by atoms with van der Waals surface area (Å²) in [6.07, 6.45) is 1.22. The van der Waals surface area contributed by atoms with Gasteiger partial charge in [0.05, 0.1) is 6.42 Å². The quantitative estimate of drug-likeness (QED) is 0.254. The third-order valence-electron chi connectivity index (χ3n) is 6.25. The zero-order valence-corrected chi connectivity index (χ0v) is 21.8. The molecule has 3 aromatic carbocycles. The maximum Gasteiger partial charge on any atom is 0.305 e. The molecule has 0 aliphatic heterocycles. The minimum absolute atomic E-state index is 0.107. The first-order valence-electron chi connectivity index (χ1n) is 12.6. The molecule has 0 spiro atoms. The number of hydrogen-bond acceptors (Lipinski definition) is 4. The van der Waals surface area contributed by atoms with Gasteiger partial charge >= 0.3 is 5.97 Å². The third-order valence-corrected chi connectivity index (χ3v) is 7.19. The minimum atomic E-state index is -0.954. The molecule has 2 amide bonds. The van der Waals surface area contributed by atoms with Crippen molar-refractivity contribution in [2.45, 2.75) is 19.3 Å². The summed E-state index contributed by atoms with van der Waals surface area (Å²) in [4.78, 5) is 41.0. The summed E-state index contributed by atoms with van der Waals surface area (Å²) in [5.41, 5.74) is 3.36. The molecule has 4 aromatic rings. The van der Waals surface area contributed by atoms with E-state index in [9.17, 15) is 19.5 Å². The number of aliphatic carboxylic acids is 1. The lowest BCUT2D eigenvalue weighted by Gasteiger charge is -2.23. The van der Waals surface area contributed by atoms with Crippen LogP contribution >= 0.6 is 11.3 Å². The number of thiophene rings is 1. The monoisotopic (exact) mass is 526 g/mol. The Morgan fingerprint density at radius 3 is 2.08 bits per heavy atom. The molecule has 0 atom stereocenters. The van der Waals surface area contributed by atoms with Crippen molar-refractivity contribution in [2.75, 3.05) is 19.6 Å². The highest BCUT2D eigenvalue weighted by Gasteiger charge is 2.22. The zero-order valence-electron chi connectivity index (χ0n) is 21.0. The SMILES string of the molecule is O=C(O)CCN(CCc1cccs1)C(=O)c1ccccc1-c1ccccc1C(=O)NCCc1ccccc1. The fraction of sp³-hybridized carbons (Fsp3) is 0.194. The van der Waals surface area contributed by atoms with Gasteiger partial charge in [0.15, 0.2) is 0 Å². The van der Waals surface area contributed by atoms with Crippen LogP contribution < -0.4 is 5.32 Å². The Kier molecular flexibility index (Phi) is 9.43. The smallest absolute Gasteiger partial charge is 0.305 e. The average Bonchev–Trinajstić information content (AvgIpc) is 3.47. The predicted octanol–water partition coefficient (Wildman–Crippen LogP) is 5.55. The summed E-state index contributed by atoms with van der Waals surface area (Å²) >= 11 is 1.61. The Morgan fingerprint density at radius 1 is 0.737 bits per heavy atom. The molecule has 0 radical (unpaired) electrons. The summed E-state index contributed by atoms with van der Waals surface area (Å²) in [7, 11) is 0. The average molecular weight is 527 g/mol. The van der Waals surface area contributed by atoms with E-state index in [1.165, 1.54) is 0 Å². The van der Waals surface area contributed by atoms with E-state index in [2.05, 4.69) is 5.32 Å². The highest BCUT2D eigenvalue weighted by Crippen LogP contribution is 2.28. The van der Waals surface area contributed by atoms with Crippen molar-refractivity contribution in [3.63, 3.8) is 0 Å². The van der Waals surface area contributed by atoms with Crippen LogP contribution in [0, 0.1) is 0 Å². The van der Waals surface area contributed by atoms with Gasteiger partial charge in [-0.15, -0.1) is 11.3 Å². The lowest BCUT2D eigenvalue weighted by atomic mass is 9.94. The summed E-state index contributed by atoms with van der Waals surface area (Å²) in [5.74, 6) is -1.42. The molecule has 1 aromatic heterocycles. The second-order valence-electron chi connectivity index (χ2n) is 8.85. The molecule has 0 aliphatic rings. The van der Waals surface area contributed by atoms with E-state index in [4.69, 9.17) is 0 Å². The highest BCUT2D eigenvalue weighted by atomic mass is 32.1. The lowest BCUT2D eigenvalue weighted by Crippen LogP contribution is -2.35. The van der Waals surface area contributed by atoms with Crippen molar-refractivity contribution in [2.24, 2.45) is 0 Å². The number of carbonyl (C=O) groups excluding carboxylic acids is 2. The van der Waals surface area contributed by atoms with Gasteiger partial charge in [0.25, 0.3) is 11.8 Å². The molecular weight excluding hydrogens is 496 g/mol. The third kappa shape index (κ3) is 7.17. The van der Waals surface area contributed by atoms with Gasteiger partial charge in [0, 0.05) is 35.6 Å². The first-order chi connectivity index (χ1) is 18.5. The Hall–Kier alpha value is -4.23. The first kappa shape index (κ1) is 26.8. The number of rotatable bonds is 12. The molecule has 4 rings (SSSR count). The topological polar surface area (TPSA) is 86.7 Å². The molecule has 6 nitrogen and oxygen atoms in total. The summed E-state index contributed by atoms with van der Waals surface area (Å²) in [6.45, 7) is 1.00. The maximum atomic E-state index is 13.8. The molecule has 2 N–H and O–H groups in total. The van der Waals surface area contributed by atoms with Crippen LogP contribution in [0.1, 0.15) is 37.6 Å². The number of carboxylic acids is 1. The van der Waals surface area contributed by atoms with E-state index < -0.39 is 5.97 Å². The predicted molar refractivity (Wildman–Crippen MR) is 151 cm³/mol. The van der Waals surface area contributed by atoms with Crippen LogP contribution in [0.2, 0.25) is 0 Å². The summed E-state index contributed by atoms with van der Waals surface area (Å²) in [6, 6.07) is 28.4. The fourth-order valence-electron chi connectivity index (χ4n) is 4.30. The Labute approximate surface area is 226 Å². The molecule has 0 fully saturated rings. The maximum absolute atomic E-state index is 13.8. The molecule has 38 heavy (non-hydrogen) atoms. The Morgan fingerprint density at radius 2 is 1.39 bits per heavy atom. The van der Waals surface area contributed by atoms with E-state index in [1.807, 2.05) is 72.1 Å². The number of nitrogens with one attached hydrogen (secondary N) is 1. The van der Waals surface area contributed by atoms with Crippen LogP contribution in [0.4, 0.5) is 0 Å². The molecule has 7 heteroatoms. The molecular formula is C31H30N2O4S. The van der Waals surface area contributed by atoms with Crippen molar-refractivity contribution >= 4 is 29.1 Å². The standard InChI is InChI=1S/C31H30N2O4S/c34-29(35)18-21-33(20-17-24-11-8-22-38-24)31(37)28-15-7-5-13-26(28)25-12-4-6-14-27(25)30(36)32-19-16-23-9-2-1-3-10-23/h1-15,22H,16-21H2,(H,32,36)(H,34,35). The van der Waals surface area contributed by atoms with Crippen molar-refractivity contribution in [3.05, 3.63) is 118 Å². The van der Waals surface area contributed by atoms with E-state index in [-0.39, 0.29) is 24.8 Å².